The molecule has 0 atom stereocenters. The molecule has 5 heteroatoms. The number of hydrogen-bond acceptors (Lipinski definition) is 4. The van der Waals surface area contributed by atoms with Gasteiger partial charge in [0.05, 0.1) is 18.5 Å². The summed E-state index contributed by atoms with van der Waals surface area (Å²) in [6, 6.07) is 1.60. The van der Waals surface area contributed by atoms with Crippen LogP contribution >= 0.6 is 11.6 Å². The molecule has 14 heavy (non-hydrogen) atoms. The van der Waals surface area contributed by atoms with E-state index in [0.717, 1.165) is 0 Å². The van der Waals surface area contributed by atoms with E-state index in [0.29, 0.717) is 36.4 Å². The maximum atomic E-state index is 5.83. The van der Waals surface area contributed by atoms with Crippen LogP contribution in [0.25, 0.3) is 0 Å². The second-order valence-electron chi connectivity index (χ2n) is 2.60. The minimum absolute atomic E-state index is 0.389. The quantitative estimate of drug-likeness (QED) is 0.762. The molecule has 0 aliphatic carbocycles. The van der Waals surface area contributed by atoms with E-state index in [1.807, 2.05) is 6.92 Å². The number of aromatic nitrogens is 1. The third-order valence-electron chi connectivity index (χ3n) is 1.50. The van der Waals surface area contributed by atoms with Crippen LogP contribution in [0.2, 0.25) is 5.02 Å². The van der Waals surface area contributed by atoms with E-state index in [-0.39, 0.29) is 0 Å². The second kappa shape index (κ2) is 5.67. The molecule has 4 nitrogen and oxygen atoms in total. The molecule has 0 aromatic carbocycles. The van der Waals surface area contributed by atoms with Gasteiger partial charge < -0.3 is 15.2 Å². The standard InChI is InChI=1S/C9H13ClN2O2/c1-2-13-3-4-14-9-8(10)5-7(11)6-12-9/h5-6H,2-4,11H2,1H3. The lowest BCUT2D eigenvalue weighted by molar-refractivity contribution is 0.108. The summed E-state index contributed by atoms with van der Waals surface area (Å²) in [5.74, 6) is 0.389. The van der Waals surface area contributed by atoms with Gasteiger partial charge in [-0.15, -0.1) is 0 Å². The lowest BCUT2D eigenvalue weighted by Gasteiger charge is -2.06. The number of hydrogen-bond donors (Lipinski definition) is 1. The third-order valence-corrected chi connectivity index (χ3v) is 1.77. The largest absolute Gasteiger partial charge is 0.474 e. The second-order valence-corrected chi connectivity index (χ2v) is 3.01. The maximum absolute atomic E-state index is 5.83. The molecule has 0 spiro atoms. The average molecular weight is 217 g/mol. The molecule has 0 aliphatic rings. The van der Waals surface area contributed by atoms with Gasteiger partial charge in [-0.25, -0.2) is 4.98 Å². The summed E-state index contributed by atoms with van der Waals surface area (Å²) in [6.45, 7) is 3.56. The van der Waals surface area contributed by atoms with Crippen molar-refractivity contribution in [3.63, 3.8) is 0 Å². The van der Waals surface area contributed by atoms with Crippen molar-refractivity contribution >= 4 is 17.3 Å². The van der Waals surface area contributed by atoms with Crippen LogP contribution in [-0.4, -0.2) is 24.8 Å². The summed E-state index contributed by atoms with van der Waals surface area (Å²) in [6.07, 6.45) is 1.50. The molecule has 0 saturated carbocycles. The van der Waals surface area contributed by atoms with Gasteiger partial charge in [-0.05, 0) is 13.0 Å². The summed E-state index contributed by atoms with van der Waals surface area (Å²) >= 11 is 5.83. The van der Waals surface area contributed by atoms with E-state index >= 15 is 0 Å². The molecule has 1 heterocycles. The minimum atomic E-state index is 0.389. The first-order valence-electron chi connectivity index (χ1n) is 4.35. The Kier molecular flexibility index (Phi) is 4.49. The van der Waals surface area contributed by atoms with Crippen LogP contribution in [0.3, 0.4) is 0 Å². The van der Waals surface area contributed by atoms with E-state index in [1.54, 1.807) is 6.07 Å². The molecule has 1 aromatic rings. The fourth-order valence-corrected chi connectivity index (χ4v) is 1.12. The van der Waals surface area contributed by atoms with E-state index in [1.165, 1.54) is 6.20 Å². The zero-order chi connectivity index (χ0) is 10.4. The van der Waals surface area contributed by atoms with Gasteiger partial charge in [0.25, 0.3) is 0 Å². The zero-order valence-electron chi connectivity index (χ0n) is 8.00. The van der Waals surface area contributed by atoms with Crippen molar-refractivity contribution in [3.05, 3.63) is 17.3 Å². The number of rotatable bonds is 5. The van der Waals surface area contributed by atoms with Gasteiger partial charge in [0.15, 0.2) is 0 Å². The number of pyridine rings is 1. The van der Waals surface area contributed by atoms with Crippen LogP contribution < -0.4 is 10.5 Å². The first kappa shape index (κ1) is 11.1. The molecular weight excluding hydrogens is 204 g/mol. The molecule has 0 saturated heterocycles. The first-order valence-corrected chi connectivity index (χ1v) is 4.73. The fourth-order valence-electron chi connectivity index (χ4n) is 0.888. The van der Waals surface area contributed by atoms with Gasteiger partial charge in [-0.3, -0.25) is 0 Å². The molecule has 0 unspecified atom stereocenters. The highest BCUT2D eigenvalue weighted by atomic mass is 35.5. The lowest BCUT2D eigenvalue weighted by Crippen LogP contribution is -2.07. The molecule has 1 rings (SSSR count). The average Bonchev–Trinajstić information content (AvgIpc) is 2.15. The lowest BCUT2D eigenvalue weighted by atomic mass is 10.4. The van der Waals surface area contributed by atoms with E-state index in [9.17, 15) is 0 Å². The molecular formula is C9H13ClN2O2. The van der Waals surface area contributed by atoms with Gasteiger partial charge in [0, 0.05) is 6.61 Å². The predicted octanol–water partition coefficient (Wildman–Crippen LogP) is 1.73. The Bertz CT molecular complexity index is 294. The minimum Gasteiger partial charge on any atom is -0.474 e. The monoisotopic (exact) mass is 216 g/mol. The normalized spacial score (nSPS) is 10.1. The molecule has 0 radical (unpaired) electrons. The molecule has 78 valence electrons. The van der Waals surface area contributed by atoms with Crippen LogP contribution in [-0.2, 0) is 4.74 Å². The van der Waals surface area contributed by atoms with E-state index in [4.69, 9.17) is 26.8 Å². The summed E-state index contributed by atoms with van der Waals surface area (Å²) in [7, 11) is 0. The van der Waals surface area contributed by atoms with Crippen molar-refractivity contribution in [1.82, 2.24) is 4.98 Å². The Morgan fingerprint density at radius 2 is 2.29 bits per heavy atom. The Morgan fingerprint density at radius 1 is 1.50 bits per heavy atom. The highest BCUT2D eigenvalue weighted by Crippen LogP contribution is 2.22. The molecule has 2 N–H and O–H groups in total. The number of ether oxygens (including phenoxy) is 2. The smallest absolute Gasteiger partial charge is 0.232 e. The topological polar surface area (TPSA) is 57.4 Å². The molecule has 0 bridgehead atoms. The van der Waals surface area contributed by atoms with Crippen molar-refractivity contribution in [2.45, 2.75) is 6.92 Å². The van der Waals surface area contributed by atoms with Crippen LogP contribution in [0.5, 0.6) is 5.88 Å². The Hall–Kier alpha value is -1.00. The number of nitrogens with zero attached hydrogens (tertiary/aromatic N) is 1. The number of halogens is 1. The van der Waals surface area contributed by atoms with Crippen molar-refractivity contribution < 1.29 is 9.47 Å². The van der Waals surface area contributed by atoms with Gasteiger partial charge >= 0.3 is 0 Å². The van der Waals surface area contributed by atoms with Gasteiger partial charge in [-0.2, -0.15) is 0 Å². The summed E-state index contributed by atoms with van der Waals surface area (Å²) in [5.41, 5.74) is 6.00. The van der Waals surface area contributed by atoms with Crippen molar-refractivity contribution in [1.29, 1.82) is 0 Å². The van der Waals surface area contributed by atoms with Crippen LogP contribution in [0.4, 0.5) is 5.69 Å². The van der Waals surface area contributed by atoms with Crippen LogP contribution in [0.15, 0.2) is 12.3 Å². The molecule has 1 aromatic heterocycles. The summed E-state index contributed by atoms with van der Waals surface area (Å²) < 4.78 is 10.4. The van der Waals surface area contributed by atoms with Gasteiger partial charge in [-0.1, -0.05) is 11.6 Å². The predicted molar refractivity (Wildman–Crippen MR) is 55.6 cm³/mol. The SMILES string of the molecule is CCOCCOc1ncc(N)cc1Cl. The van der Waals surface area contributed by atoms with E-state index < -0.39 is 0 Å². The highest BCUT2D eigenvalue weighted by molar-refractivity contribution is 6.32. The van der Waals surface area contributed by atoms with Crippen molar-refractivity contribution in [2.75, 3.05) is 25.6 Å². The Labute approximate surface area is 88.0 Å². The Balaban J connectivity index is 2.42. The van der Waals surface area contributed by atoms with Crippen molar-refractivity contribution in [2.24, 2.45) is 0 Å². The molecule has 0 amide bonds. The highest BCUT2D eigenvalue weighted by Gasteiger charge is 2.02. The molecule has 0 fully saturated rings. The zero-order valence-corrected chi connectivity index (χ0v) is 8.75. The number of nitrogen functional groups attached to an aromatic ring is 1. The summed E-state index contributed by atoms with van der Waals surface area (Å²) in [4.78, 5) is 3.94. The van der Waals surface area contributed by atoms with E-state index in [2.05, 4.69) is 4.98 Å². The number of anilines is 1. The molecule has 0 aliphatic heterocycles. The van der Waals surface area contributed by atoms with Gasteiger partial charge in [0.1, 0.15) is 11.6 Å². The number of nitrogens with two attached hydrogens (primary N) is 1. The van der Waals surface area contributed by atoms with Gasteiger partial charge in [0.2, 0.25) is 5.88 Å². The Morgan fingerprint density at radius 3 is 2.93 bits per heavy atom. The van der Waals surface area contributed by atoms with Crippen LogP contribution in [0, 0.1) is 0 Å². The first-order chi connectivity index (χ1) is 6.74. The van der Waals surface area contributed by atoms with Crippen molar-refractivity contribution in [3.8, 4) is 5.88 Å². The third kappa shape index (κ3) is 3.40. The summed E-state index contributed by atoms with van der Waals surface area (Å²) in [5, 5.41) is 0.418. The fraction of sp³-hybridized carbons (Fsp3) is 0.444. The van der Waals surface area contributed by atoms with Crippen LogP contribution in [0.1, 0.15) is 6.92 Å². The maximum Gasteiger partial charge on any atom is 0.232 e.